The van der Waals surface area contributed by atoms with E-state index in [1.54, 1.807) is 0 Å². The topological polar surface area (TPSA) is 29.5 Å². The minimum atomic E-state index is -0.196. The van der Waals surface area contributed by atoms with Crippen molar-refractivity contribution in [2.24, 2.45) is 0 Å². The fourth-order valence-corrected chi connectivity index (χ4v) is 3.23. The fraction of sp³-hybridized carbons (Fsp3) is 0.316. The quantitative estimate of drug-likeness (QED) is 0.815. The molecule has 22 heavy (non-hydrogen) atoms. The molecule has 1 atom stereocenters. The van der Waals surface area contributed by atoms with Crippen LogP contribution in [0.1, 0.15) is 28.2 Å². The van der Waals surface area contributed by atoms with Crippen molar-refractivity contribution in [1.29, 1.82) is 0 Å². The van der Waals surface area contributed by atoms with Gasteiger partial charge in [-0.2, -0.15) is 0 Å². The summed E-state index contributed by atoms with van der Waals surface area (Å²) < 4.78 is 4.77. The average Bonchev–Trinajstić information content (AvgIpc) is 2.54. The van der Waals surface area contributed by atoms with Gasteiger partial charge in [-0.3, -0.25) is 4.79 Å². The molecule has 0 fully saturated rings. The van der Waals surface area contributed by atoms with Crippen molar-refractivity contribution < 1.29 is 9.53 Å². The molecule has 1 heterocycles. The number of nitrogens with zero attached hydrogens (tertiary/aromatic N) is 1. The van der Waals surface area contributed by atoms with Crippen LogP contribution in [-0.4, -0.2) is 31.6 Å². The molecular weight excluding hydrogens is 274 g/mol. The van der Waals surface area contributed by atoms with Crippen LogP contribution in [0, 0.1) is 0 Å². The predicted molar refractivity (Wildman–Crippen MR) is 86.8 cm³/mol. The zero-order valence-electron chi connectivity index (χ0n) is 13.1. The number of methoxy groups -OCH3 is 1. The van der Waals surface area contributed by atoms with Crippen molar-refractivity contribution in [1.82, 2.24) is 4.90 Å². The molecule has 2 aromatic rings. The summed E-state index contributed by atoms with van der Waals surface area (Å²) in [6.45, 7) is 1.99. The Hall–Kier alpha value is -2.13. The lowest BCUT2D eigenvalue weighted by atomic mass is 9.84. The molecule has 0 saturated carbocycles. The van der Waals surface area contributed by atoms with Gasteiger partial charge in [0.2, 0.25) is 0 Å². The third kappa shape index (κ3) is 3.04. The Bertz CT molecular complexity index is 681. The van der Waals surface area contributed by atoms with Gasteiger partial charge in [-0.05, 0) is 29.3 Å². The molecule has 1 aliphatic rings. The predicted octanol–water partition coefficient (Wildman–Crippen LogP) is 2.98. The monoisotopic (exact) mass is 295 g/mol. The van der Waals surface area contributed by atoms with Crippen molar-refractivity contribution in [2.75, 3.05) is 20.7 Å². The van der Waals surface area contributed by atoms with Crippen LogP contribution in [0.25, 0.3) is 0 Å². The Morgan fingerprint density at radius 1 is 1.23 bits per heavy atom. The highest BCUT2D eigenvalue weighted by atomic mass is 16.5. The van der Waals surface area contributed by atoms with Gasteiger partial charge in [0.25, 0.3) is 0 Å². The van der Waals surface area contributed by atoms with Crippen LogP contribution in [0.5, 0.6) is 0 Å². The van der Waals surface area contributed by atoms with Crippen LogP contribution >= 0.6 is 0 Å². The first-order chi connectivity index (χ1) is 10.7. The van der Waals surface area contributed by atoms with Crippen LogP contribution in [0.2, 0.25) is 0 Å². The van der Waals surface area contributed by atoms with Gasteiger partial charge in [-0.25, -0.2) is 0 Å². The zero-order chi connectivity index (χ0) is 15.5. The summed E-state index contributed by atoms with van der Waals surface area (Å²) in [7, 11) is 3.58. The van der Waals surface area contributed by atoms with Gasteiger partial charge in [-0.1, -0.05) is 48.5 Å². The summed E-state index contributed by atoms with van der Waals surface area (Å²) in [5.41, 5.74) is 5.06. The molecule has 0 saturated heterocycles. The summed E-state index contributed by atoms with van der Waals surface area (Å²) in [4.78, 5) is 13.8. The Kier molecular flexibility index (Phi) is 4.25. The van der Waals surface area contributed by atoms with E-state index in [-0.39, 0.29) is 5.97 Å². The largest absolute Gasteiger partial charge is 0.469 e. The van der Waals surface area contributed by atoms with Gasteiger partial charge >= 0.3 is 5.97 Å². The maximum Gasteiger partial charge on any atom is 0.309 e. The van der Waals surface area contributed by atoms with Gasteiger partial charge in [0.05, 0.1) is 13.5 Å². The lowest BCUT2D eigenvalue weighted by Crippen LogP contribution is -2.30. The number of carbonyl (C=O) groups excluding carboxylic acids is 1. The number of hydrogen-bond donors (Lipinski definition) is 0. The van der Waals surface area contributed by atoms with Crippen molar-refractivity contribution in [3.63, 3.8) is 0 Å². The Labute approximate surface area is 131 Å². The van der Waals surface area contributed by atoms with E-state index in [2.05, 4.69) is 48.3 Å². The number of benzene rings is 2. The standard InChI is InChI=1S/C19H21NO2/c1-20-12-16-7-3-4-9-17(16)18(13-20)15-8-5-6-14(10-15)11-19(21)22-2/h3-10,18H,11-13H2,1-2H3. The van der Waals surface area contributed by atoms with Crippen LogP contribution in [0.4, 0.5) is 0 Å². The van der Waals surface area contributed by atoms with Crippen LogP contribution in [0.15, 0.2) is 48.5 Å². The summed E-state index contributed by atoms with van der Waals surface area (Å²) in [5, 5.41) is 0. The SMILES string of the molecule is COC(=O)Cc1cccc(C2CN(C)Cc3ccccc32)c1. The van der Waals surface area contributed by atoms with Gasteiger partial charge in [-0.15, -0.1) is 0 Å². The number of rotatable bonds is 3. The second-order valence-electron chi connectivity index (χ2n) is 5.95. The molecule has 0 bridgehead atoms. The van der Waals surface area contributed by atoms with Gasteiger partial charge in [0.1, 0.15) is 0 Å². The second kappa shape index (κ2) is 6.32. The number of likely N-dealkylation sites (N-methyl/N-ethyl adjacent to an activating group) is 1. The number of esters is 1. The Morgan fingerprint density at radius 2 is 2.05 bits per heavy atom. The van der Waals surface area contributed by atoms with Crippen molar-refractivity contribution in [3.05, 3.63) is 70.8 Å². The maximum absolute atomic E-state index is 11.5. The van der Waals surface area contributed by atoms with E-state index in [1.807, 2.05) is 12.1 Å². The van der Waals surface area contributed by atoms with Crippen LogP contribution in [0.3, 0.4) is 0 Å². The normalized spacial score (nSPS) is 17.8. The lowest BCUT2D eigenvalue weighted by molar-refractivity contribution is -0.139. The number of hydrogen-bond acceptors (Lipinski definition) is 3. The van der Waals surface area contributed by atoms with E-state index in [4.69, 9.17) is 4.74 Å². The van der Waals surface area contributed by atoms with E-state index < -0.39 is 0 Å². The highest BCUT2D eigenvalue weighted by Gasteiger charge is 2.24. The number of carbonyl (C=O) groups is 1. The maximum atomic E-state index is 11.5. The Balaban J connectivity index is 1.94. The van der Waals surface area contributed by atoms with E-state index in [0.29, 0.717) is 12.3 Å². The summed E-state index contributed by atoms with van der Waals surface area (Å²) in [6, 6.07) is 16.9. The molecule has 0 N–H and O–H groups in total. The smallest absolute Gasteiger partial charge is 0.309 e. The first kappa shape index (κ1) is 14.8. The van der Waals surface area contributed by atoms with E-state index in [0.717, 1.165) is 18.7 Å². The first-order valence-corrected chi connectivity index (χ1v) is 7.59. The molecule has 1 aliphatic heterocycles. The summed E-state index contributed by atoms with van der Waals surface area (Å²) in [5.74, 6) is 0.158. The second-order valence-corrected chi connectivity index (χ2v) is 5.95. The third-order valence-electron chi connectivity index (χ3n) is 4.29. The van der Waals surface area contributed by atoms with Crippen LogP contribution < -0.4 is 0 Å². The van der Waals surface area contributed by atoms with Crippen LogP contribution in [-0.2, 0) is 22.5 Å². The first-order valence-electron chi connectivity index (χ1n) is 7.59. The minimum Gasteiger partial charge on any atom is -0.469 e. The Morgan fingerprint density at radius 3 is 2.86 bits per heavy atom. The van der Waals surface area contributed by atoms with Gasteiger partial charge in [0.15, 0.2) is 0 Å². The molecule has 114 valence electrons. The minimum absolute atomic E-state index is 0.196. The average molecular weight is 295 g/mol. The van der Waals surface area contributed by atoms with E-state index in [9.17, 15) is 4.79 Å². The molecule has 0 aliphatic carbocycles. The molecule has 0 spiro atoms. The molecular formula is C19H21NO2. The molecule has 0 radical (unpaired) electrons. The van der Waals surface area contributed by atoms with Gasteiger partial charge in [0, 0.05) is 19.0 Å². The van der Waals surface area contributed by atoms with Crippen molar-refractivity contribution in [3.8, 4) is 0 Å². The van der Waals surface area contributed by atoms with E-state index in [1.165, 1.54) is 23.8 Å². The van der Waals surface area contributed by atoms with Gasteiger partial charge < -0.3 is 9.64 Å². The molecule has 0 amide bonds. The number of fused-ring (bicyclic) bond motifs is 1. The molecule has 2 aromatic carbocycles. The third-order valence-corrected chi connectivity index (χ3v) is 4.29. The lowest BCUT2D eigenvalue weighted by Gasteiger charge is -2.32. The molecule has 3 heteroatoms. The summed E-state index contributed by atoms with van der Waals surface area (Å²) >= 11 is 0. The molecule has 3 rings (SSSR count). The van der Waals surface area contributed by atoms with E-state index >= 15 is 0 Å². The number of ether oxygens (including phenoxy) is 1. The highest BCUT2D eigenvalue weighted by Crippen LogP contribution is 2.33. The molecule has 0 aromatic heterocycles. The van der Waals surface area contributed by atoms with Crippen molar-refractivity contribution >= 4 is 5.97 Å². The molecule has 1 unspecified atom stereocenters. The zero-order valence-corrected chi connectivity index (χ0v) is 13.1. The fourth-order valence-electron chi connectivity index (χ4n) is 3.23. The molecule has 3 nitrogen and oxygen atoms in total. The highest BCUT2D eigenvalue weighted by molar-refractivity contribution is 5.72. The summed E-state index contributed by atoms with van der Waals surface area (Å²) in [6.07, 6.45) is 0.328. The van der Waals surface area contributed by atoms with Crippen molar-refractivity contribution in [2.45, 2.75) is 18.9 Å².